The Morgan fingerprint density at radius 3 is 2.73 bits per heavy atom. The van der Waals surface area contributed by atoms with Crippen LogP contribution in [0.5, 0.6) is 11.5 Å². The third-order valence-corrected chi connectivity index (χ3v) is 4.49. The van der Waals surface area contributed by atoms with Crippen LogP contribution in [0.15, 0.2) is 58.3 Å². The number of rotatable bonds is 8. The molecule has 4 aromatic rings. The van der Waals surface area contributed by atoms with Crippen LogP contribution in [0.25, 0.3) is 17.1 Å². The first-order chi connectivity index (χ1) is 16.1. The number of anilines is 1. The van der Waals surface area contributed by atoms with Gasteiger partial charge in [-0.05, 0) is 59.2 Å². The molecule has 12 heteroatoms. The molecule has 0 fully saturated rings. The van der Waals surface area contributed by atoms with Gasteiger partial charge in [-0.15, -0.1) is 5.10 Å². The number of hydrogen-bond acceptors (Lipinski definition) is 10. The summed E-state index contributed by atoms with van der Waals surface area (Å²) in [5.41, 5.74) is 9.98. The molecular formula is C21H20N8O4. The summed E-state index contributed by atoms with van der Waals surface area (Å²) in [5, 5.41) is 19.4. The van der Waals surface area contributed by atoms with Gasteiger partial charge in [0, 0.05) is 5.56 Å². The van der Waals surface area contributed by atoms with E-state index in [9.17, 15) is 4.79 Å². The molecule has 3 N–H and O–H groups in total. The van der Waals surface area contributed by atoms with Crippen LogP contribution in [0.1, 0.15) is 23.0 Å². The Morgan fingerprint density at radius 2 is 2.03 bits per heavy atom. The van der Waals surface area contributed by atoms with E-state index in [-0.39, 0.29) is 17.3 Å². The quantitative estimate of drug-likeness (QED) is 0.304. The molecule has 2 aromatic heterocycles. The lowest BCUT2D eigenvalue weighted by atomic mass is 10.1. The Morgan fingerprint density at radius 1 is 1.21 bits per heavy atom. The van der Waals surface area contributed by atoms with Crippen LogP contribution in [0.4, 0.5) is 5.82 Å². The lowest BCUT2D eigenvalue weighted by Gasteiger charge is -2.07. The topological polar surface area (TPSA) is 156 Å². The maximum absolute atomic E-state index is 12.9. The fraction of sp³-hybridized carbons (Fsp3) is 0.143. The maximum atomic E-state index is 12.9. The molecule has 4 rings (SSSR count). The number of carbonyl (C=O) groups is 1. The van der Waals surface area contributed by atoms with E-state index < -0.39 is 5.91 Å². The van der Waals surface area contributed by atoms with Crippen LogP contribution in [0.3, 0.4) is 0 Å². The van der Waals surface area contributed by atoms with Gasteiger partial charge < -0.3 is 15.2 Å². The number of hydrazone groups is 1. The molecule has 0 aliphatic rings. The fourth-order valence-corrected chi connectivity index (χ4v) is 3.00. The molecule has 2 aromatic carbocycles. The summed E-state index contributed by atoms with van der Waals surface area (Å²) >= 11 is 0. The maximum Gasteiger partial charge on any atom is 0.294 e. The molecular weight excluding hydrogens is 428 g/mol. The van der Waals surface area contributed by atoms with Crippen LogP contribution in [-0.2, 0) is 0 Å². The molecule has 0 spiro atoms. The molecule has 0 aliphatic heterocycles. The number of benzene rings is 2. The van der Waals surface area contributed by atoms with E-state index >= 15 is 0 Å². The molecule has 0 saturated heterocycles. The van der Waals surface area contributed by atoms with E-state index in [0.717, 1.165) is 5.56 Å². The van der Waals surface area contributed by atoms with Crippen LogP contribution < -0.4 is 20.6 Å². The van der Waals surface area contributed by atoms with Crippen molar-refractivity contribution in [2.75, 3.05) is 19.5 Å². The van der Waals surface area contributed by atoms with Crippen molar-refractivity contribution in [2.45, 2.75) is 6.92 Å². The third kappa shape index (κ3) is 4.63. The highest BCUT2D eigenvalue weighted by Crippen LogP contribution is 2.28. The van der Waals surface area contributed by atoms with E-state index in [4.69, 9.17) is 15.2 Å². The van der Waals surface area contributed by atoms with Crippen molar-refractivity contribution in [3.05, 3.63) is 59.8 Å². The Balaban J connectivity index is 1.66. The van der Waals surface area contributed by atoms with Crippen molar-refractivity contribution in [2.24, 2.45) is 5.10 Å². The van der Waals surface area contributed by atoms with Gasteiger partial charge in [0.15, 0.2) is 5.69 Å². The molecule has 0 aliphatic carbocycles. The van der Waals surface area contributed by atoms with Gasteiger partial charge in [0.1, 0.15) is 17.2 Å². The average Bonchev–Trinajstić information content (AvgIpc) is 3.46. The smallest absolute Gasteiger partial charge is 0.294 e. The Kier molecular flexibility index (Phi) is 6.25. The van der Waals surface area contributed by atoms with Gasteiger partial charge in [0.25, 0.3) is 5.91 Å². The molecule has 168 valence electrons. The molecule has 1 amide bonds. The largest absolute Gasteiger partial charge is 0.497 e. The summed E-state index contributed by atoms with van der Waals surface area (Å²) in [6.45, 7) is 2.42. The van der Waals surface area contributed by atoms with Crippen LogP contribution in [-0.4, -0.2) is 51.1 Å². The standard InChI is InChI=1S/C21H20N8O4/c1-3-32-15-9-7-14(8-10-15)18-17(24-28-29(18)20-19(22)26-33-27-20)21(30)25-23-12-13-5-4-6-16(11-13)31-2/h4-12H,3H2,1-2H3,(H2,22,26)(H,25,30)/b23-12+. The van der Waals surface area contributed by atoms with E-state index in [1.807, 2.05) is 25.1 Å². The molecule has 0 atom stereocenters. The molecule has 0 saturated carbocycles. The van der Waals surface area contributed by atoms with Gasteiger partial charge in [0.2, 0.25) is 11.6 Å². The Labute approximate surface area is 188 Å². The molecule has 0 radical (unpaired) electrons. The van der Waals surface area contributed by atoms with Crippen LogP contribution >= 0.6 is 0 Å². The number of carbonyl (C=O) groups excluding carboxylic acids is 1. The van der Waals surface area contributed by atoms with Crippen LogP contribution in [0.2, 0.25) is 0 Å². The van der Waals surface area contributed by atoms with E-state index in [1.165, 1.54) is 10.9 Å². The van der Waals surface area contributed by atoms with Crippen molar-refractivity contribution in [3.63, 3.8) is 0 Å². The van der Waals surface area contributed by atoms with Crippen molar-refractivity contribution in [3.8, 4) is 28.6 Å². The Bertz CT molecular complexity index is 1280. The first kappa shape index (κ1) is 21.5. The molecule has 0 bridgehead atoms. The minimum Gasteiger partial charge on any atom is -0.497 e. The third-order valence-electron chi connectivity index (χ3n) is 4.49. The number of amides is 1. The number of nitrogens with zero attached hydrogens (tertiary/aromatic N) is 6. The number of nitrogens with one attached hydrogen (secondary N) is 1. The zero-order valence-electron chi connectivity index (χ0n) is 17.8. The highest BCUT2D eigenvalue weighted by atomic mass is 16.6. The summed E-state index contributed by atoms with van der Waals surface area (Å²) in [7, 11) is 1.57. The lowest BCUT2D eigenvalue weighted by Crippen LogP contribution is -2.19. The van der Waals surface area contributed by atoms with E-state index in [2.05, 4.69) is 35.8 Å². The zero-order chi connectivity index (χ0) is 23.2. The second-order valence-electron chi connectivity index (χ2n) is 6.60. The normalized spacial score (nSPS) is 11.0. The monoisotopic (exact) mass is 448 g/mol. The number of hydrogen-bond donors (Lipinski definition) is 2. The van der Waals surface area contributed by atoms with Gasteiger partial charge in [0.05, 0.1) is 19.9 Å². The van der Waals surface area contributed by atoms with E-state index in [0.29, 0.717) is 29.4 Å². The summed E-state index contributed by atoms with van der Waals surface area (Å²) in [6, 6.07) is 14.3. The van der Waals surface area contributed by atoms with Crippen LogP contribution in [0, 0.1) is 0 Å². The predicted molar refractivity (Wildman–Crippen MR) is 118 cm³/mol. The fourth-order valence-electron chi connectivity index (χ4n) is 3.00. The second-order valence-corrected chi connectivity index (χ2v) is 6.60. The summed E-state index contributed by atoms with van der Waals surface area (Å²) in [5.74, 6) is 0.862. The SMILES string of the molecule is CCOc1ccc(-c2c(C(=O)N/N=C/c3cccc(OC)c3)nnn2-c2nonc2N)cc1. The highest BCUT2D eigenvalue weighted by molar-refractivity contribution is 5.98. The summed E-state index contributed by atoms with van der Waals surface area (Å²) in [4.78, 5) is 12.9. The summed E-state index contributed by atoms with van der Waals surface area (Å²) in [6.07, 6.45) is 1.49. The van der Waals surface area contributed by atoms with Gasteiger partial charge in [-0.1, -0.05) is 17.3 Å². The van der Waals surface area contributed by atoms with Gasteiger partial charge in [-0.3, -0.25) is 4.79 Å². The molecule has 2 heterocycles. The number of ether oxygens (including phenoxy) is 2. The first-order valence-corrected chi connectivity index (χ1v) is 9.85. The number of nitrogens with two attached hydrogens (primary N) is 1. The van der Waals surface area contributed by atoms with E-state index in [1.54, 1.807) is 37.4 Å². The number of aromatic nitrogens is 5. The van der Waals surface area contributed by atoms with Crippen molar-refractivity contribution in [1.82, 2.24) is 30.7 Å². The zero-order valence-corrected chi connectivity index (χ0v) is 17.8. The lowest BCUT2D eigenvalue weighted by molar-refractivity contribution is 0.0950. The highest BCUT2D eigenvalue weighted by Gasteiger charge is 2.25. The van der Waals surface area contributed by atoms with Gasteiger partial charge in [-0.25, -0.2) is 10.1 Å². The molecule has 33 heavy (non-hydrogen) atoms. The predicted octanol–water partition coefficient (Wildman–Crippen LogP) is 2.07. The Hall–Kier alpha value is -4.74. The average molecular weight is 448 g/mol. The summed E-state index contributed by atoms with van der Waals surface area (Å²) < 4.78 is 16.6. The van der Waals surface area contributed by atoms with Crippen molar-refractivity contribution >= 4 is 17.9 Å². The second kappa shape index (κ2) is 9.60. The minimum atomic E-state index is -0.584. The van der Waals surface area contributed by atoms with Gasteiger partial charge in [-0.2, -0.15) is 9.78 Å². The molecule has 12 nitrogen and oxygen atoms in total. The van der Waals surface area contributed by atoms with Crippen molar-refractivity contribution in [1.29, 1.82) is 0 Å². The van der Waals surface area contributed by atoms with Crippen molar-refractivity contribution < 1.29 is 18.9 Å². The van der Waals surface area contributed by atoms with Gasteiger partial charge >= 0.3 is 0 Å². The minimum absolute atomic E-state index is 0.00403. The molecule has 0 unspecified atom stereocenters. The number of nitrogen functional groups attached to an aromatic ring is 1. The first-order valence-electron chi connectivity index (χ1n) is 9.85. The number of methoxy groups -OCH3 is 1.